The first kappa shape index (κ1) is 8.68. The van der Waals surface area contributed by atoms with Crippen LogP contribution >= 0.6 is 0 Å². The van der Waals surface area contributed by atoms with Crippen LogP contribution in [0.2, 0.25) is 0 Å². The van der Waals surface area contributed by atoms with E-state index >= 15 is 0 Å². The maximum absolute atomic E-state index is 11.3. The van der Waals surface area contributed by atoms with Gasteiger partial charge in [0.15, 0.2) is 5.65 Å². The summed E-state index contributed by atoms with van der Waals surface area (Å²) in [5, 5.41) is 0. The van der Waals surface area contributed by atoms with Crippen LogP contribution in [0.5, 0.6) is 0 Å². The molecule has 0 unspecified atom stereocenters. The molecule has 0 fully saturated rings. The Morgan fingerprint density at radius 1 is 1.43 bits per heavy atom. The Balaban J connectivity index is 3.07. The molecule has 72 valence electrons. The van der Waals surface area contributed by atoms with Gasteiger partial charge in [-0.25, -0.2) is 4.98 Å². The molecule has 0 radical (unpaired) electrons. The van der Waals surface area contributed by atoms with Crippen LogP contribution in [0.3, 0.4) is 0 Å². The zero-order valence-corrected chi connectivity index (χ0v) is 7.87. The van der Waals surface area contributed by atoms with E-state index in [2.05, 4.69) is 9.97 Å². The van der Waals surface area contributed by atoms with E-state index in [0.717, 1.165) is 5.56 Å². The summed E-state index contributed by atoms with van der Waals surface area (Å²) in [5.41, 5.74) is 0.804. The van der Waals surface area contributed by atoms with E-state index in [4.69, 9.17) is 0 Å². The fourth-order valence-corrected chi connectivity index (χ4v) is 1.33. The van der Waals surface area contributed by atoms with Gasteiger partial charge in [-0.05, 0) is 18.6 Å². The van der Waals surface area contributed by atoms with Crippen LogP contribution < -0.4 is 11.1 Å². The summed E-state index contributed by atoms with van der Waals surface area (Å²) in [5.74, 6) is 0. The van der Waals surface area contributed by atoms with E-state index in [0.29, 0.717) is 11.2 Å². The summed E-state index contributed by atoms with van der Waals surface area (Å²) in [4.78, 5) is 28.8. The number of pyridine rings is 1. The number of hydrogen-bond acceptors (Lipinski definition) is 3. The molecule has 0 aliphatic carbocycles. The number of aromatic amines is 1. The third kappa shape index (κ3) is 1.14. The zero-order valence-electron chi connectivity index (χ0n) is 7.87. The highest BCUT2D eigenvalue weighted by molar-refractivity contribution is 5.70. The first-order valence-corrected chi connectivity index (χ1v) is 4.15. The molecule has 0 aliphatic heterocycles. The van der Waals surface area contributed by atoms with Gasteiger partial charge in [-0.1, -0.05) is 0 Å². The van der Waals surface area contributed by atoms with Gasteiger partial charge >= 0.3 is 11.1 Å². The fraction of sp³-hybridized carbons (Fsp3) is 0.222. The summed E-state index contributed by atoms with van der Waals surface area (Å²) < 4.78 is 1.30. The summed E-state index contributed by atoms with van der Waals surface area (Å²) in [6.45, 7) is 1.88. The van der Waals surface area contributed by atoms with E-state index in [1.807, 2.05) is 6.92 Å². The summed E-state index contributed by atoms with van der Waals surface area (Å²) in [6, 6.07) is 1.81. The molecule has 0 amide bonds. The Hall–Kier alpha value is -1.91. The number of aryl methyl sites for hydroxylation is 2. The number of fused-ring (bicyclic) bond motifs is 1. The van der Waals surface area contributed by atoms with Crippen LogP contribution in [0.25, 0.3) is 11.2 Å². The predicted molar refractivity (Wildman–Crippen MR) is 52.3 cm³/mol. The lowest BCUT2D eigenvalue weighted by atomic mass is 10.3. The van der Waals surface area contributed by atoms with Crippen LogP contribution in [0, 0.1) is 6.92 Å². The second-order valence-electron chi connectivity index (χ2n) is 3.20. The van der Waals surface area contributed by atoms with Gasteiger partial charge in [0, 0.05) is 13.2 Å². The van der Waals surface area contributed by atoms with Crippen molar-refractivity contribution in [3.8, 4) is 0 Å². The maximum atomic E-state index is 11.3. The van der Waals surface area contributed by atoms with Gasteiger partial charge in [-0.3, -0.25) is 9.59 Å². The quantitative estimate of drug-likeness (QED) is 0.593. The van der Waals surface area contributed by atoms with Crippen LogP contribution in [0.1, 0.15) is 5.56 Å². The third-order valence-corrected chi connectivity index (χ3v) is 2.10. The van der Waals surface area contributed by atoms with Gasteiger partial charge in [-0.15, -0.1) is 0 Å². The second kappa shape index (κ2) is 2.80. The minimum atomic E-state index is -0.642. The molecule has 5 nitrogen and oxygen atoms in total. The van der Waals surface area contributed by atoms with E-state index in [1.54, 1.807) is 19.3 Å². The number of H-pyrrole nitrogens is 1. The van der Waals surface area contributed by atoms with Crippen molar-refractivity contribution in [3.05, 3.63) is 38.5 Å². The second-order valence-corrected chi connectivity index (χ2v) is 3.20. The van der Waals surface area contributed by atoms with Gasteiger partial charge in [0.2, 0.25) is 0 Å². The first-order chi connectivity index (χ1) is 6.59. The highest BCUT2D eigenvalue weighted by Gasteiger charge is 2.04. The molecule has 14 heavy (non-hydrogen) atoms. The lowest BCUT2D eigenvalue weighted by Crippen LogP contribution is -2.35. The Morgan fingerprint density at radius 3 is 2.86 bits per heavy atom. The van der Waals surface area contributed by atoms with Crippen molar-refractivity contribution in [1.29, 1.82) is 0 Å². The maximum Gasteiger partial charge on any atom is 0.316 e. The van der Waals surface area contributed by atoms with Crippen molar-refractivity contribution in [2.75, 3.05) is 0 Å². The van der Waals surface area contributed by atoms with Crippen molar-refractivity contribution in [3.63, 3.8) is 0 Å². The number of hydrogen-bond donors (Lipinski definition) is 1. The largest absolute Gasteiger partial charge is 0.316 e. The van der Waals surface area contributed by atoms with Crippen LogP contribution in [0.15, 0.2) is 21.9 Å². The van der Waals surface area contributed by atoms with Crippen molar-refractivity contribution < 1.29 is 0 Å². The van der Waals surface area contributed by atoms with E-state index in [1.165, 1.54) is 4.57 Å². The fourth-order valence-electron chi connectivity index (χ4n) is 1.33. The predicted octanol–water partition coefficient (Wildman–Crippen LogP) is -0.0698. The molecular weight excluding hydrogens is 182 g/mol. The molecule has 2 aromatic rings. The monoisotopic (exact) mass is 191 g/mol. The van der Waals surface area contributed by atoms with E-state index in [9.17, 15) is 9.59 Å². The van der Waals surface area contributed by atoms with Gasteiger partial charge in [-0.2, -0.15) is 0 Å². The lowest BCUT2D eigenvalue weighted by molar-refractivity contribution is 0.867. The molecule has 0 aromatic carbocycles. The van der Waals surface area contributed by atoms with Gasteiger partial charge < -0.3 is 9.55 Å². The molecule has 0 saturated heterocycles. The Morgan fingerprint density at radius 2 is 2.14 bits per heavy atom. The molecule has 2 aromatic heterocycles. The minimum Gasteiger partial charge on any atom is -0.304 e. The third-order valence-electron chi connectivity index (χ3n) is 2.10. The molecule has 0 aliphatic rings. The highest BCUT2D eigenvalue weighted by atomic mass is 16.2. The topological polar surface area (TPSA) is 67.8 Å². The molecule has 0 bridgehead atoms. The molecule has 0 saturated carbocycles. The Labute approximate surface area is 79.0 Å². The Kier molecular flexibility index (Phi) is 1.73. The average Bonchev–Trinajstić information content (AvgIpc) is 2.16. The molecule has 0 spiro atoms. The number of rotatable bonds is 0. The minimum absolute atomic E-state index is 0.433. The van der Waals surface area contributed by atoms with Crippen LogP contribution in [0.4, 0.5) is 0 Å². The van der Waals surface area contributed by atoms with Crippen molar-refractivity contribution in [1.82, 2.24) is 14.5 Å². The molecule has 5 heteroatoms. The van der Waals surface area contributed by atoms with Crippen molar-refractivity contribution >= 4 is 11.2 Å². The molecule has 2 rings (SSSR count). The first-order valence-electron chi connectivity index (χ1n) is 4.15. The molecular formula is C9H9N3O2. The number of aromatic nitrogens is 3. The van der Waals surface area contributed by atoms with Crippen molar-refractivity contribution in [2.24, 2.45) is 7.05 Å². The summed E-state index contributed by atoms with van der Waals surface area (Å²) >= 11 is 0. The summed E-state index contributed by atoms with van der Waals surface area (Å²) in [7, 11) is 1.56. The number of nitrogens with zero attached hydrogens (tertiary/aromatic N) is 2. The van der Waals surface area contributed by atoms with E-state index in [-0.39, 0.29) is 0 Å². The summed E-state index contributed by atoms with van der Waals surface area (Å²) in [6.07, 6.45) is 1.64. The van der Waals surface area contributed by atoms with Gasteiger partial charge in [0.25, 0.3) is 0 Å². The normalized spacial score (nSPS) is 10.7. The molecule has 0 atom stereocenters. The average molecular weight is 191 g/mol. The standard InChI is InChI=1S/C9H9N3O2/c1-5-3-6-7(10-4-5)11-8(13)9(14)12(6)2/h3-4H,1-2H3,(H,10,11,13). The van der Waals surface area contributed by atoms with Gasteiger partial charge in [0.05, 0.1) is 5.52 Å². The van der Waals surface area contributed by atoms with Gasteiger partial charge in [0.1, 0.15) is 0 Å². The smallest absolute Gasteiger partial charge is 0.304 e. The Bertz CT molecular complexity index is 609. The highest BCUT2D eigenvalue weighted by Crippen LogP contribution is 2.05. The molecule has 2 heterocycles. The van der Waals surface area contributed by atoms with Crippen LogP contribution in [-0.4, -0.2) is 14.5 Å². The van der Waals surface area contributed by atoms with Crippen LogP contribution in [-0.2, 0) is 7.05 Å². The van der Waals surface area contributed by atoms with Crippen molar-refractivity contribution in [2.45, 2.75) is 6.92 Å². The number of nitrogens with one attached hydrogen (secondary N) is 1. The zero-order chi connectivity index (χ0) is 10.3. The lowest BCUT2D eigenvalue weighted by Gasteiger charge is -2.02. The SMILES string of the molecule is Cc1cnc2[nH]c(=O)c(=O)n(C)c2c1. The van der Waals surface area contributed by atoms with E-state index < -0.39 is 11.1 Å². The molecule has 1 N–H and O–H groups in total.